The van der Waals surface area contributed by atoms with Crippen LogP contribution in [0.5, 0.6) is 0 Å². The van der Waals surface area contributed by atoms with Gasteiger partial charge >= 0.3 is 0 Å². The van der Waals surface area contributed by atoms with Crippen molar-refractivity contribution in [3.05, 3.63) is 33.9 Å². The zero-order valence-corrected chi connectivity index (χ0v) is 11.5. The van der Waals surface area contributed by atoms with Crippen LogP contribution in [-0.4, -0.2) is 19.1 Å². The number of hydrogen-bond donors (Lipinski definition) is 2. The number of amides is 1. The molecule has 0 saturated heterocycles. The van der Waals surface area contributed by atoms with Crippen LogP contribution >= 0.6 is 0 Å². The summed E-state index contributed by atoms with van der Waals surface area (Å²) in [6.07, 6.45) is 0. The van der Waals surface area contributed by atoms with Gasteiger partial charge in [0.1, 0.15) is 6.61 Å². The molecule has 0 saturated carbocycles. The summed E-state index contributed by atoms with van der Waals surface area (Å²) in [6.45, 7) is 8.48. The first-order valence-electron chi connectivity index (χ1n) is 6.03. The highest BCUT2D eigenvalue weighted by Crippen LogP contribution is 2.26. The minimum absolute atomic E-state index is 0.0867. The van der Waals surface area contributed by atoms with E-state index in [2.05, 4.69) is 33.8 Å². The van der Waals surface area contributed by atoms with Gasteiger partial charge in [-0.25, -0.2) is 0 Å². The van der Waals surface area contributed by atoms with Crippen LogP contribution in [0.15, 0.2) is 6.07 Å². The molecule has 100 valence electrons. The Labute approximate surface area is 108 Å². The van der Waals surface area contributed by atoms with Crippen molar-refractivity contribution in [1.82, 2.24) is 0 Å². The summed E-state index contributed by atoms with van der Waals surface area (Å²) >= 11 is 0. The number of nitrogens with two attached hydrogens (primary N) is 2. The molecule has 0 aliphatic heterocycles. The second kappa shape index (κ2) is 5.98. The SMILES string of the molecule is Cc1cc(C)c(C)c(C(N)COCC(N)=O)c1C. The lowest BCUT2D eigenvalue weighted by Crippen LogP contribution is -2.24. The van der Waals surface area contributed by atoms with Gasteiger partial charge in [0.2, 0.25) is 5.91 Å². The number of ether oxygens (including phenoxy) is 1. The number of rotatable bonds is 5. The van der Waals surface area contributed by atoms with Crippen LogP contribution < -0.4 is 11.5 Å². The quantitative estimate of drug-likeness (QED) is 0.829. The lowest BCUT2D eigenvalue weighted by atomic mass is 9.90. The van der Waals surface area contributed by atoms with Crippen molar-refractivity contribution in [2.75, 3.05) is 13.2 Å². The molecule has 4 N–H and O–H groups in total. The van der Waals surface area contributed by atoms with E-state index in [1.54, 1.807) is 0 Å². The topological polar surface area (TPSA) is 78.3 Å². The molecule has 4 nitrogen and oxygen atoms in total. The fraction of sp³-hybridized carbons (Fsp3) is 0.500. The Morgan fingerprint density at radius 3 is 2.17 bits per heavy atom. The molecule has 1 rings (SSSR count). The molecule has 1 aromatic carbocycles. The fourth-order valence-electron chi connectivity index (χ4n) is 2.17. The third-order valence-corrected chi connectivity index (χ3v) is 3.34. The van der Waals surface area contributed by atoms with Gasteiger partial charge in [0.15, 0.2) is 0 Å². The van der Waals surface area contributed by atoms with Gasteiger partial charge in [-0.05, 0) is 55.5 Å². The summed E-state index contributed by atoms with van der Waals surface area (Å²) in [5.41, 5.74) is 17.1. The highest BCUT2D eigenvalue weighted by molar-refractivity contribution is 5.74. The van der Waals surface area contributed by atoms with Gasteiger partial charge in [-0.3, -0.25) is 4.79 Å². The highest BCUT2D eigenvalue weighted by Gasteiger charge is 2.15. The normalized spacial score (nSPS) is 12.5. The van der Waals surface area contributed by atoms with Gasteiger partial charge in [-0.15, -0.1) is 0 Å². The predicted molar refractivity (Wildman–Crippen MR) is 72.3 cm³/mol. The molecule has 1 amide bonds. The number of carbonyl (C=O) groups is 1. The number of benzene rings is 1. The van der Waals surface area contributed by atoms with Crippen LogP contribution in [-0.2, 0) is 9.53 Å². The number of carbonyl (C=O) groups excluding carboxylic acids is 1. The van der Waals surface area contributed by atoms with Gasteiger partial charge in [0.05, 0.1) is 12.6 Å². The van der Waals surface area contributed by atoms with E-state index in [0.29, 0.717) is 6.61 Å². The summed E-state index contributed by atoms with van der Waals surface area (Å²) in [5, 5.41) is 0. The molecular weight excluding hydrogens is 228 g/mol. The van der Waals surface area contributed by atoms with Crippen LogP contribution in [0.4, 0.5) is 0 Å². The summed E-state index contributed by atoms with van der Waals surface area (Å²) in [4.78, 5) is 10.6. The molecule has 0 aromatic heterocycles. The van der Waals surface area contributed by atoms with Crippen molar-refractivity contribution in [2.45, 2.75) is 33.7 Å². The molecule has 0 aliphatic rings. The molecule has 0 bridgehead atoms. The largest absolute Gasteiger partial charge is 0.370 e. The van der Waals surface area contributed by atoms with E-state index in [9.17, 15) is 4.79 Å². The van der Waals surface area contributed by atoms with E-state index < -0.39 is 5.91 Å². The number of aryl methyl sites for hydroxylation is 2. The highest BCUT2D eigenvalue weighted by atomic mass is 16.5. The van der Waals surface area contributed by atoms with Crippen molar-refractivity contribution in [3.8, 4) is 0 Å². The Balaban J connectivity index is 2.91. The maximum absolute atomic E-state index is 10.6. The maximum atomic E-state index is 10.6. The first kappa shape index (κ1) is 14.7. The molecule has 4 heteroatoms. The van der Waals surface area contributed by atoms with Crippen molar-refractivity contribution in [3.63, 3.8) is 0 Å². The van der Waals surface area contributed by atoms with Crippen LogP contribution in [0.2, 0.25) is 0 Å². The van der Waals surface area contributed by atoms with E-state index >= 15 is 0 Å². The van der Waals surface area contributed by atoms with Crippen LogP contribution in [0.1, 0.15) is 33.9 Å². The molecule has 0 fully saturated rings. The molecule has 18 heavy (non-hydrogen) atoms. The van der Waals surface area contributed by atoms with Gasteiger partial charge in [-0.1, -0.05) is 6.07 Å². The predicted octanol–water partition coefficient (Wildman–Crippen LogP) is 1.42. The molecule has 0 spiro atoms. The Bertz CT molecular complexity index is 429. The Hall–Kier alpha value is -1.39. The van der Waals surface area contributed by atoms with Crippen molar-refractivity contribution in [1.29, 1.82) is 0 Å². The second-order valence-electron chi connectivity index (χ2n) is 4.76. The molecule has 0 heterocycles. The van der Waals surface area contributed by atoms with Gasteiger partial charge < -0.3 is 16.2 Å². The van der Waals surface area contributed by atoms with Crippen LogP contribution in [0.3, 0.4) is 0 Å². The van der Waals surface area contributed by atoms with Gasteiger partial charge in [-0.2, -0.15) is 0 Å². The standard InChI is InChI=1S/C14H22N2O2/c1-8-5-9(2)11(4)14(10(8)3)12(15)6-18-7-13(16)17/h5,12H,6-7,15H2,1-4H3,(H2,16,17). The smallest absolute Gasteiger partial charge is 0.243 e. The van der Waals surface area contributed by atoms with E-state index in [4.69, 9.17) is 16.2 Å². The third kappa shape index (κ3) is 3.31. The van der Waals surface area contributed by atoms with E-state index in [0.717, 1.165) is 5.56 Å². The summed E-state index contributed by atoms with van der Waals surface area (Å²) in [6, 6.07) is 1.92. The van der Waals surface area contributed by atoms with Crippen molar-refractivity contribution in [2.24, 2.45) is 11.5 Å². The minimum atomic E-state index is -0.476. The summed E-state index contributed by atoms with van der Waals surface area (Å²) in [7, 11) is 0. The Morgan fingerprint density at radius 1 is 1.22 bits per heavy atom. The van der Waals surface area contributed by atoms with Crippen LogP contribution in [0, 0.1) is 27.7 Å². The number of primary amides is 1. The second-order valence-corrected chi connectivity index (χ2v) is 4.76. The van der Waals surface area contributed by atoms with E-state index in [1.165, 1.54) is 22.3 Å². The van der Waals surface area contributed by atoms with E-state index in [-0.39, 0.29) is 12.6 Å². The zero-order chi connectivity index (χ0) is 13.9. The fourth-order valence-corrected chi connectivity index (χ4v) is 2.17. The van der Waals surface area contributed by atoms with E-state index in [1.807, 2.05) is 0 Å². The average molecular weight is 250 g/mol. The molecule has 1 atom stereocenters. The molecule has 1 aromatic rings. The molecule has 1 unspecified atom stereocenters. The summed E-state index contributed by atoms with van der Waals surface area (Å²) < 4.78 is 5.20. The van der Waals surface area contributed by atoms with Crippen LogP contribution in [0.25, 0.3) is 0 Å². The zero-order valence-electron chi connectivity index (χ0n) is 11.5. The monoisotopic (exact) mass is 250 g/mol. The lowest BCUT2D eigenvalue weighted by Gasteiger charge is -2.20. The molecule has 0 aliphatic carbocycles. The molecule has 0 radical (unpaired) electrons. The first-order valence-corrected chi connectivity index (χ1v) is 6.03. The Kier molecular flexibility index (Phi) is 4.87. The van der Waals surface area contributed by atoms with Gasteiger partial charge in [0, 0.05) is 0 Å². The lowest BCUT2D eigenvalue weighted by molar-refractivity contribution is -0.122. The first-order chi connectivity index (χ1) is 8.34. The molecular formula is C14H22N2O2. The maximum Gasteiger partial charge on any atom is 0.243 e. The van der Waals surface area contributed by atoms with Crippen molar-refractivity contribution < 1.29 is 9.53 Å². The third-order valence-electron chi connectivity index (χ3n) is 3.34. The number of hydrogen-bond acceptors (Lipinski definition) is 3. The van der Waals surface area contributed by atoms with Crippen molar-refractivity contribution >= 4 is 5.91 Å². The minimum Gasteiger partial charge on any atom is -0.370 e. The summed E-state index contributed by atoms with van der Waals surface area (Å²) in [5.74, 6) is -0.476. The Morgan fingerprint density at radius 2 is 1.72 bits per heavy atom. The average Bonchev–Trinajstić information content (AvgIpc) is 2.26. The van der Waals surface area contributed by atoms with Gasteiger partial charge in [0.25, 0.3) is 0 Å².